The van der Waals surface area contributed by atoms with Gasteiger partial charge in [-0.25, -0.2) is 0 Å². The van der Waals surface area contributed by atoms with E-state index in [1.807, 2.05) is 0 Å². The van der Waals surface area contributed by atoms with Gasteiger partial charge in [-0.15, -0.1) is 11.3 Å². The molecule has 2 saturated heterocycles. The van der Waals surface area contributed by atoms with Crippen molar-refractivity contribution in [3.63, 3.8) is 0 Å². The summed E-state index contributed by atoms with van der Waals surface area (Å²) in [6.07, 6.45) is -6.98. The van der Waals surface area contributed by atoms with Gasteiger partial charge in [0.2, 0.25) is 5.60 Å². The number of nitrogens with zero attached hydrogens (tertiary/aromatic N) is 4. The number of benzene rings is 1. The number of para-hydroxylation sites is 1. The number of pyridine rings is 1. The Hall–Kier alpha value is -4.85. The van der Waals surface area contributed by atoms with Crippen LogP contribution in [0.4, 0.5) is 26.3 Å². The first-order valence-electron chi connectivity index (χ1n) is 18.4. The van der Waals surface area contributed by atoms with Crippen LogP contribution in [0, 0.1) is 17.2 Å². The van der Waals surface area contributed by atoms with Crippen LogP contribution >= 0.6 is 11.3 Å². The lowest BCUT2D eigenvalue weighted by molar-refractivity contribution is -0.160. The van der Waals surface area contributed by atoms with Crippen molar-refractivity contribution in [2.45, 2.75) is 100 Å². The molecule has 1 aromatic carbocycles. The fourth-order valence-corrected chi connectivity index (χ4v) is 8.97. The minimum atomic E-state index is -4.92. The lowest BCUT2D eigenvalue weighted by atomic mass is 9.72. The molecule has 0 radical (unpaired) electrons. The number of likely N-dealkylation sites (tertiary alicyclic amines) is 2. The van der Waals surface area contributed by atoms with Crippen molar-refractivity contribution >= 4 is 29.1 Å². The number of ether oxygens (including phenoxy) is 2. The fourth-order valence-electron chi connectivity index (χ4n) is 8.29. The predicted octanol–water partition coefficient (Wildman–Crippen LogP) is 8.12. The second-order valence-corrected chi connectivity index (χ2v) is 15.4. The molecular formula is C39H40F6N4O6S. The molecule has 10 nitrogen and oxygen atoms in total. The third-order valence-electron chi connectivity index (χ3n) is 11.1. The minimum Gasteiger partial charge on any atom is -0.490 e. The normalized spacial score (nSPS) is 24.0. The summed E-state index contributed by atoms with van der Waals surface area (Å²) in [5.74, 6) is -3.02. The van der Waals surface area contributed by atoms with E-state index >= 15 is 4.79 Å². The Balaban J connectivity index is 1.33. The number of carboxylic acids is 1. The number of carboxylic acid groups (broad SMARTS) is 1. The Morgan fingerprint density at radius 1 is 1.02 bits per heavy atom. The summed E-state index contributed by atoms with van der Waals surface area (Å²) >= 11 is 0.361. The molecule has 1 aliphatic carbocycles. The van der Waals surface area contributed by atoms with Crippen LogP contribution < -0.4 is 9.47 Å². The van der Waals surface area contributed by atoms with Crippen molar-refractivity contribution in [1.29, 1.82) is 5.26 Å². The molecule has 1 N–H and O–H groups in total. The smallest absolute Gasteiger partial charge is 0.425 e. The van der Waals surface area contributed by atoms with Crippen LogP contribution in [0.15, 0.2) is 54.0 Å². The molecular weight excluding hydrogens is 767 g/mol. The van der Waals surface area contributed by atoms with Crippen LogP contribution in [0.3, 0.4) is 0 Å². The van der Waals surface area contributed by atoms with Gasteiger partial charge in [-0.05, 0) is 63.1 Å². The molecule has 3 aromatic rings. The van der Waals surface area contributed by atoms with Gasteiger partial charge < -0.3 is 24.4 Å². The number of carbonyl (C=O) groups is 3. The topological polar surface area (TPSA) is 133 Å². The number of rotatable bonds is 10. The number of amides is 2. The maximum Gasteiger partial charge on any atom is 0.425 e. The zero-order valence-corrected chi connectivity index (χ0v) is 31.2. The molecule has 56 heavy (non-hydrogen) atoms. The average molecular weight is 807 g/mol. The van der Waals surface area contributed by atoms with Crippen LogP contribution in [0.1, 0.15) is 91.2 Å². The Kier molecular flexibility index (Phi) is 11.6. The summed E-state index contributed by atoms with van der Waals surface area (Å²) < 4.78 is 96.0. The van der Waals surface area contributed by atoms with Crippen LogP contribution in [-0.4, -0.2) is 75.1 Å². The Morgan fingerprint density at radius 2 is 1.75 bits per heavy atom. The maximum absolute atomic E-state index is 15.0. The standard InChI is InChI=1S/C39H40F6N4O6S/c1-2-7-30-37(55-26-21-31(56-22-26)39(43,44)45,13-6-17-49(30)33(50)32-28(38(40,41)42)9-5-16-47-32)35(53)48-18-14-36(23-46,15-19-48)27-8-3-4-10-29(27)54-25-12-11-24(20-25)34(51)52/h3-5,8-10,16,21-22,24-25,30H,2,6-7,11-15,17-20H2,1H3,(H,51,52)/t24?,25-,30-,37+/m1/s1. The lowest BCUT2D eigenvalue weighted by Crippen LogP contribution is -2.68. The molecule has 300 valence electrons. The van der Waals surface area contributed by atoms with Crippen LogP contribution in [0.25, 0.3) is 0 Å². The monoisotopic (exact) mass is 806 g/mol. The number of carbonyl (C=O) groups excluding carboxylic acids is 2. The molecule has 3 aliphatic rings. The molecule has 17 heteroatoms. The molecule has 1 unspecified atom stereocenters. The van der Waals surface area contributed by atoms with Gasteiger partial charge in [0.1, 0.15) is 22.1 Å². The van der Waals surface area contributed by atoms with E-state index in [0.29, 0.717) is 48.3 Å². The zero-order chi connectivity index (χ0) is 40.5. The first kappa shape index (κ1) is 40.8. The maximum atomic E-state index is 15.0. The molecule has 3 fully saturated rings. The number of aromatic nitrogens is 1. The highest BCUT2D eigenvalue weighted by Gasteiger charge is 2.57. The lowest BCUT2D eigenvalue weighted by Gasteiger charge is -2.51. The predicted molar refractivity (Wildman–Crippen MR) is 190 cm³/mol. The number of hydrogen-bond acceptors (Lipinski definition) is 8. The third kappa shape index (κ3) is 8.03. The number of nitriles is 1. The van der Waals surface area contributed by atoms with Gasteiger partial charge in [0, 0.05) is 49.3 Å². The first-order chi connectivity index (χ1) is 26.5. The first-order valence-corrected chi connectivity index (χ1v) is 19.3. The van der Waals surface area contributed by atoms with Crippen molar-refractivity contribution in [2.75, 3.05) is 19.6 Å². The largest absolute Gasteiger partial charge is 0.490 e. The van der Waals surface area contributed by atoms with Gasteiger partial charge in [-0.1, -0.05) is 31.5 Å². The Labute approximate surface area is 323 Å². The quantitative estimate of drug-likeness (QED) is 0.203. The number of aliphatic carboxylic acids is 1. The summed E-state index contributed by atoms with van der Waals surface area (Å²) in [7, 11) is 0. The van der Waals surface area contributed by atoms with Gasteiger partial charge in [0.25, 0.3) is 11.8 Å². The van der Waals surface area contributed by atoms with Gasteiger partial charge in [0.15, 0.2) is 0 Å². The zero-order valence-electron chi connectivity index (χ0n) is 30.4. The summed E-state index contributed by atoms with van der Waals surface area (Å²) in [5.41, 5.74) is -4.69. The Morgan fingerprint density at radius 3 is 2.38 bits per heavy atom. The van der Waals surface area contributed by atoms with E-state index < -0.39 is 69.2 Å². The number of thiophene rings is 1. The van der Waals surface area contributed by atoms with E-state index in [1.54, 1.807) is 31.2 Å². The number of piperidine rings is 2. The van der Waals surface area contributed by atoms with Gasteiger partial charge in [0.05, 0.1) is 35.1 Å². The van der Waals surface area contributed by atoms with E-state index in [2.05, 4.69) is 11.1 Å². The number of alkyl halides is 6. The van der Waals surface area contributed by atoms with E-state index in [4.69, 9.17) is 9.47 Å². The van der Waals surface area contributed by atoms with Crippen LogP contribution in [0.2, 0.25) is 0 Å². The fraction of sp³-hybridized carbons (Fsp3) is 0.513. The molecule has 2 aromatic heterocycles. The third-order valence-corrected chi connectivity index (χ3v) is 12.0. The van der Waals surface area contributed by atoms with Crippen molar-refractivity contribution in [3.8, 4) is 17.6 Å². The van der Waals surface area contributed by atoms with Gasteiger partial charge >= 0.3 is 18.3 Å². The van der Waals surface area contributed by atoms with Crippen molar-refractivity contribution in [3.05, 3.63) is 75.7 Å². The van der Waals surface area contributed by atoms with Crippen molar-refractivity contribution in [1.82, 2.24) is 14.8 Å². The molecule has 0 bridgehead atoms. The van der Waals surface area contributed by atoms with Crippen molar-refractivity contribution in [2.24, 2.45) is 5.92 Å². The summed E-state index contributed by atoms with van der Waals surface area (Å²) in [5, 5.41) is 21.2. The molecule has 2 amide bonds. The van der Waals surface area contributed by atoms with Gasteiger partial charge in [-0.3, -0.25) is 19.4 Å². The highest BCUT2D eigenvalue weighted by molar-refractivity contribution is 7.10. The molecule has 0 spiro atoms. The van der Waals surface area contributed by atoms with E-state index in [9.17, 15) is 46.3 Å². The number of halogens is 6. The van der Waals surface area contributed by atoms with E-state index in [0.717, 1.165) is 34.7 Å². The van der Waals surface area contributed by atoms with Crippen LogP contribution in [0.5, 0.6) is 11.5 Å². The van der Waals surface area contributed by atoms with E-state index in [1.165, 1.54) is 4.90 Å². The van der Waals surface area contributed by atoms with Gasteiger partial charge in [-0.2, -0.15) is 31.6 Å². The molecule has 1 saturated carbocycles. The van der Waals surface area contributed by atoms with Crippen molar-refractivity contribution < 1.29 is 55.3 Å². The SMILES string of the molecule is CCC[C@H]1N(C(=O)c2ncccc2C(F)(F)F)CCC[C@@]1(Oc1csc(C(F)(F)F)c1)C(=O)N1CCC(C#N)(c2ccccc2O[C@@H]2CCC(C(=O)O)C2)CC1. The second-order valence-electron chi connectivity index (χ2n) is 14.5. The molecule has 4 heterocycles. The molecule has 6 rings (SSSR count). The highest BCUT2D eigenvalue weighted by Crippen LogP contribution is 2.45. The second kappa shape index (κ2) is 16.0. The Bertz CT molecular complexity index is 1970. The van der Waals surface area contributed by atoms with Crippen LogP contribution in [-0.2, 0) is 27.4 Å². The number of hydrogen-bond donors (Lipinski definition) is 1. The summed E-state index contributed by atoms with van der Waals surface area (Å²) in [4.78, 5) is 46.0. The summed E-state index contributed by atoms with van der Waals surface area (Å²) in [6.45, 7) is 1.68. The highest BCUT2D eigenvalue weighted by atomic mass is 32.1. The minimum absolute atomic E-state index is 0.000946. The van der Waals surface area contributed by atoms with E-state index in [-0.39, 0.29) is 63.6 Å². The average Bonchev–Trinajstić information content (AvgIpc) is 3.85. The summed E-state index contributed by atoms with van der Waals surface area (Å²) in [6, 6.07) is 10.7. The molecule has 4 atom stereocenters. The molecule has 2 aliphatic heterocycles.